The third kappa shape index (κ3) is 6.86. The molecule has 0 aromatic carbocycles. The van der Waals surface area contributed by atoms with Crippen molar-refractivity contribution >= 4 is 0 Å². The van der Waals surface area contributed by atoms with Crippen LogP contribution in [0.1, 0.15) is 71.6 Å². The number of unbranched alkanes of at least 4 members (excludes halogenated alkanes) is 1. The zero-order valence-corrected chi connectivity index (χ0v) is 8.94. The molecule has 1 atom stereocenters. The first-order chi connectivity index (χ1) is 8.19. The molecule has 0 aromatic rings. The first-order valence-corrected chi connectivity index (χ1v) is 5.24. The molecule has 0 aromatic heterocycles. The van der Waals surface area contributed by atoms with Gasteiger partial charge in [0.25, 0.3) is 0 Å². The molecule has 0 N–H and O–H groups in total. The average molecular weight is 186 g/mol. The molecular weight excluding hydrogens is 156 g/mol. The maximum atomic E-state index is 8.07. The smallest absolute Gasteiger partial charge is 0.0575 e. The van der Waals surface area contributed by atoms with Crippen molar-refractivity contribution in [2.45, 2.75) is 66.1 Å². The van der Waals surface area contributed by atoms with Crippen molar-refractivity contribution in [2.24, 2.45) is 5.92 Å². The van der Waals surface area contributed by atoms with Crippen molar-refractivity contribution in [1.82, 2.24) is 0 Å². The summed E-state index contributed by atoms with van der Waals surface area (Å²) in [7, 11) is 0. The fourth-order valence-corrected chi connectivity index (χ4v) is 1.08. The van der Waals surface area contributed by atoms with Crippen LogP contribution in [0.4, 0.5) is 0 Å². The Hall–Kier alpha value is -0.260. The highest BCUT2D eigenvalue weighted by atomic mass is 14.0. The Balaban J connectivity index is 4.44. The van der Waals surface area contributed by atoms with E-state index in [4.69, 9.17) is 5.48 Å². The molecule has 0 saturated carbocycles. The summed E-state index contributed by atoms with van der Waals surface area (Å²) in [5.41, 5.74) is 1.10. The van der Waals surface area contributed by atoms with E-state index in [1.54, 1.807) is 0 Å². The molecule has 0 spiro atoms. The maximum absolute atomic E-state index is 8.07. The van der Waals surface area contributed by atoms with Gasteiger partial charge in [0.15, 0.2) is 0 Å². The normalized spacial score (nSPS) is 19.5. The second-order valence-corrected chi connectivity index (χ2v) is 3.49. The van der Waals surface area contributed by atoms with Gasteiger partial charge in [0.2, 0.25) is 0 Å². The quantitative estimate of drug-likeness (QED) is 0.493. The van der Waals surface area contributed by atoms with Crippen LogP contribution in [0.2, 0.25) is 0 Å². The summed E-state index contributed by atoms with van der Waals surface area (Å²) in [6.07, 6.45) is 5.17. The molecule has 0 aliphatic carbocycles. The van der Waals surface area contributed by atoms with Gasteiger partial charge >= 0.3 is 0 Å². The summed E-state index contributed by atoms with van der Waals surface area (Å²) < 4.78 is 30.0. The van der Waals surface area contributed by atoms with Crippen LogP contribution in [-0.4, -0.2) is 0 Å². The third-order valence-electron chi connectivity index (χ3n) is 2.18. The molecule has 0 aliphatic rings. The molecule has 0 radical (unpaired) electrons. The average Bonchev–Trinajstić information content (AvgIpc) is 2.33. The van der Waals surface area contributed by atoms with E-state index in [9.17, 15) is 0 Å². The molecule has 13 heavy (non-hydrogen) atoms. The molecule has 0 bridgehead atoms. The summed E-state index contributed by atoms with van der Waals surface area (Å²) >= 11 is 0. The topological polar surface area (TPSA) is 0 Å². The summed E-state index contributed by atoms with van der Waals surface area (Å²) in [6, 6.07) is 0.636. The molecule has 0 saturated heterocycles. The summed E-state index contributed by atoms with van der Waals surface area (Å²) in [4.78, 5) is 0. The summed E-state index contributed by atoms with van der Waals surface area (Å²) in [5, 5.41) is 0. The molecular formula is C13H26. The molecule has 0 amide bonds. The summed E-state index contributed by atoms with van der Waals surface area (Å²) in [6.45, 7) is 3.14. The first-order valence-electron chi connectivity index (χ1n) is 7.86. The van der Waals surface area contributed by atoms with Crippen LogP contribution in [0.5, 0.6) is 0 Å². The molecule has 78 valence electrons. The van der Waals surface area contributed by atoms with Crippen LogP contribution in [0.15, 0.2) is 11.6 Å². The molecule has 0 heterocycles. The van der Waals surface area contributed by atoms with Gasteiger partial charge in [-0.05, 0) is 31.6 Å². The lowest BCUT2D eigenvalue weighted by Crippen LogP contribution is -1.90. The number of allylic oxidation sites excluding steroid dienone is 2. The van der Waals surface area contributed by atoms with Crippen molar-refractivity contribution in [2.75, 3.05) is 0 Å². The zero-order valence-electron chi connectivity index (χ0n) is 12.9. The number of hydrogen-bond acceptors (Lipinski definition) is 0. The van der Waals surface area contributed by atoms with Crippen LogP contribution in [0.25, 0.3) is 0 Å². The van der Waals surface area contributed by atoms with Gasteiger partial charge in [0.05, 0.1) is 1.37 Å². The molecule has 0 aliphatic heterocycles. The summed E-state index contributed by atoms with van der Waals surface area (Å²) in [5.74, 6) is 0.155. The Bertz CT molecular complexity index is 213. The fraction of sp³-hybridized carbons (Fsp3) is 0.846. The fourth-order valence-electron chi connectivity index (χ4n) is 1.08. The van der Waals surface area contributed by atoms with E-state index in [0.717, 1.165) is 24.8 Å². The Morgan fingerprint density at radius 3 is 3.08 bits per heavy atom. The van der Waals surface area contributed by atoms with Crippen molar-refractivity contribution in [3.05, 3.63) is 11.6 Å². The van der Waals surface area contributed by atoms with E-state index in [0.29, 0.717) is 46.0 Å². The van der Waals surface area contributed by atoms with Crippen molar-refractivity contribution < 1.29 is 5.48 Å². The molecule has 0 nitrogen and oxygen atoms in total. The van der Waals surface area contributed by atoms with Crippen LogP contribution in [-0.2, 0) is 0 Å². The minimum atomic E-state index is 0.155. The highest BCUT2D eigenvalue weighted by Gasteiger charge is 1.97. The van der Waals surface area contributed by atoms with E-state index < -0.39 is 0 Å². The molecule has 0 rings (SSSR count). The lowest BCUT2D eigenvalue weighted by atomic mass is 9.99. The Labute approximate surface area is 90.0 Å². The van der Waals surface area contributed by atoms with E-state index in [2.05, 4.69) is 6.92 Å². The minimum absolute atomic E-state index is 0.155. The third-order valence-corrected chi connectivity index (χ3v) is 2.18. The predicted octanol–water partition coefficient (Wildman–Crippen LogP) is 4.95. The van der Waals surface area contributed by atoms with Gasteiger partial charge in [0, 0.05) is 4.11 Å². The predicted molar refractivity (Wildman–Crippen MR) is 62.0 cm³/mol. The van der Waals surface area contributed by atoms with Gasteiger partial charge < -0.3 is 0 Å². The molecule has 0 fully saturated rings. The van der Waals surface area contributed by atoms with E-state index >= 15 is 0 Å². The highest BCUT2D eigenvalue weighted by molar-refractivity contribution is 5.01. The van der Waals surface area contributed by atoms with Crippen LogP contribution in [0.3, 0.4) is 0 Å². The standard InChI is InChI=1S/C13H26/c1-5-8-9-13(7-3)11-10-12(4)6-2/h11-12H,5-10H2,1-4H3/b13-11-/i2D,3D,4D,11D. The monoisotopic (exact) mass is 186 g/mol. The Morgan fingerprint density at radius 1 is 1.54 bits per heavy atom. The van der Waals surface area contributed by atoms with Crippen molar-refractivity contribution in [1.29, 1.82) is 0 Å². The highest BCUT2D eigenvalue weighted by Crippen LogP contribution is 2.15. The van der Waals surface area contributed by atoms with Crippen LogP contribution in [0, 0.1) is 5.92 Å². The lowest BCUT2D eigenvalue weighted by molar-refractivity contribution is 0.568. The van der Waals surface area contributed by atoms with Gasteiger partial charge in [-0.3, -0.25) is 0 Å². The Kier molecular flexibility index (Phi) is 4.55. The van der Waals surface area contributed by atoms with Crippen molar-refractivity contribution in [3.8, 4) is 0 Å². The van der Waals surface area contributed by atoms with Gasteiger partial charge in [0.1, 0.15) is 0 Å². The van der Waals surface area contributed by atoms with E-state index in [1.807, 2.05) is 0 Å². The SMILES string of the molecule is [2H]CC/C(CCCC)=C(\[2H])CC(C[2H])CC[2H]. The van der Waals surface area contributed by atoms with Gasteiger partial charge in [-0.15, -0.1) is 0 Å². The second-order valence-electron chi connectivity index (χ2n) is 3.49. The Morgan fingerprint density at radius 2 is 2.46 bits per heavy atom. The van der Waals surface area contributed by atoms with E-state index in [-0.39, 0.29) is 5.92 Å². The second kappa shape index (κ2) is 8.34. The molecule has 0 heteroatoms. The minimum Gasteiger partial charge on any atom is -0.0851 e. The zero-order chi connectivity index (χ0) is 13.1. The van der Waals surface area contributed by atoms with E-state index in [1.165, 1.54) is 0 Å². The number of hydrogen-bond donors (Lipinski definition) is 0. The van der Waals surface area contributed by atoms with Crippen LogP contribution < -0.4 is 0 Å². The molecule has 1 unspecified atom stereocenters. The van der Waals surface area contributed by atoms with Gasteiger partial charge in [-0.25, -0.2) is 0 Å². The largest absolute Gasteiger partial charge is 0.0851 e. The lowest BCUT2D eigenvalue weighted by Gasteiger charge is -2.07. The van der Waals surface area contributed by atoms with Crippen molar-refractivity contribution in [3.63, 3.8) is 0 Å². The van der Waals surface area contributed by atoms with Gasteiger partial charge in [-0.2, -0.15) is 0 Å². The first kappa shape index (κ1) is 7.09. The maximum Gasteiger partial charge on any atom is 0.0575 e. The van der Waals surface area contributed by atoms with Crippen LogP contribution >= 0.6 is 0 Å². The van der Waals surface area contributed by atoms with Gasteiger partial charge in [-0.1, -0.05) is 52.1 Å². The number of rotatable bonds is 7.